The van der Waals surface area contributed by atoms with Gasteiger partial charge in [0.25, 0.3) is 0 Å². The van der Waals surface area contributed by atoms with Crippen LogP contribution in [0.3, 0.4) is 0 Å². The molecule has 0 saturated heterocycles. The van der Waals surface area contributed by atoms with E-state index in [1.165, 1.54) is 28.1 Å². The SMILES string of the molecule is COc1cc(C)c(C(OC(C)=O)c2cccc(C=O)c2)c(OC(C)=O)c1OC. The van der Waals surface area contributed by atoms with Crippen molar-refractivity contribution in [2.24, 2.45) is 0 Å². The van der Waals surface area contributed by atoms with E-state index >= 15 is 0 Å². The number of carbonyl (C=O) groups excluding carboxylic acids is 3. The fourth-order valence-electron chi connectivity index (χ4n) is 2.92. The van der Waals surface area contributed by atoms with Crippen LogP contribution >= 0.6 is 0 Å². The number of hydrogen-bond donors (Lipinski definition) is 0. The molecule has 1 unspecified atom stereocenters. The Bertz CT molecular complexity index is 902. The van der Waals surface area contributed by atoms with E-state index < -0.39 is 18.0 Å². The van der Waals surface area contributed by atoms with Crippen LogP contribution in [0.1, 0.15) is 47.0 Å². The van der Waals surface area contributed by atoms with Crippen molar-refractivity contribution in [3.05, 3.63) is 52.6 Å². The summed E-state index contributed by atoms with van der Waals surface area (Å²) in [5.41, 5.74) is 2.04. The summed E-state index contributed by atoms with van der Waals surface area (Å²) in [6.07, 6.45) is -0.227. The average Bonchev–Trinajstić information content (AvgIpc) is 2.65. The number of esters is 2. The molecule has 0 heterocycles. The van der Waals surface area contributed by atoms with Crippen molar-refractivity contribution in [3.63, 3.8) is 0 Å². The van der Waals surface area contributed by atoms with E-state index in [1.54, 1.807) is 37.3 Å². The van der Waals surface area contributed by atoms with Crippen LogP contribution in [-0.4, -0.2) is 32.4 Å². The van der Waals surface area contributed by atoms with Crippen LogP contribution in [-0.2, 0) is 14.3 Å². The Labute approximate surface area is 163 Å². The monoisotopic (exact) mass is 386 g/mol. The van der Waals surface area contributed by atoms with Crippen LogP contribution in [0.25, 0.3) is 0 Å². The number of rotatable bonds is 7. The molecule has 0 aromatic heterocycles. The highest BCUT2D eigenvalue weighted by atomic mass is 16.6. The molecule has 0 bridgehead atoms. The number of aryl methyl sites for hydroxylation is 1. The van der Waals surface area contributed by atoms with Crippen LogP contribution in [0.2, 0.25) is 0 Å². The Hall–Kier alpha value is -3.35. The first-order chi connectivity index (χ1) is 13.3. The lowest BCUT2D eigenvalue weighted by molar-refractivity contribution is -0.144. The molecule has 2 aromatic rings. The molecule has 0 amide bonds. The van der Waals surface area contributed by atoms with Gasteiger partial charge in [-0.05, 0) is 30.2 Å². The lowest BCUT2D eigenvalue weighted by Gasteiger charge is -2.25. The minimum absolute atomic E-state index is 0.0922. The van der Waals surface area contributed by atoms with Gasteiger partial charge in [0.2, 0.25) is 5.75 Å². The van der Waals surface area contributed by atoms with Crippen molar-refractivity contribution in [1.29, 1.82) is 0 Å². The molecule has 7 heteroatoms. The Morgan fingerprint density at radius 1 is 1.00 bits per heavy atom. The smallest absolute Gasteiger partial charge is 0.308 e. The number of ether oxygens (including phenoxy) is 4. The van der Waals surface area contributed by atoms with Crippen molar-refractivity contribution < 1.29 is 33.3 Å². The summed E-state index contributed by atoms with van der Waals surface area (Å²) in [5, 5.41) is 0. The van der Waals surface area contributed by atoms with Crippen LogP contribution in [0.4, 0.5) is 0 Å². The molecule has 1 atom stereocenters. The van der Waals surface area contributed by atoms with Gasteiger partial charge in [-0.1, -0.05) is 18.2 Å². The quantitative estimate of drug-likeness (QED) is 0.409. The van der Waals surface area contributed by atoms with Gasteiger partial charge in [-0.15, -0.1) is 0 Å². The summed E-state index contributed by atoms with van der Waals surface area (Å²) < 4.78 is 21.7. The molecule has 0 aliphatic heterocycles. The molecule has 7 nitrogen and oxygen atoms in total. The highest BCUT2D eigenvalue weighted by molar-refractivity contribution is 5.76. The normalized spacial score (nSPS) is 11.3. The van der Waals surface area contributed by atoms with Crippen molar-refractivity contribution >= 4 is 18.2 Å². The van der Waals surface area contributed by atoms with Gasteiger partial charge < -0.3 is 18.9 Å². The van der Waals surface area contributed by atoms with E-state index in [-0.39, 0.29) is 11.5 Å². The highest BCUT2D eigenvalue weighted by Crippen LogP contribution is 2.47. The van der Waals surface area contributed by atoms with Gasteiger partial charge in [-0.2, -0.15) is 0 Å². The zero-order valence-corrected chi connectivity index (χ0v) is 16.4. The summed E-state index contributed by atoms with van der Waals surface area (Å²) in [5.74, 6) is -0.459. The maximum Gasteiger partial charge on any atom is 0.308 e. The summed E-state index contributed by atoms with van der Waals surface area (Å²) in [6, 6.07) is 8.33. The standard InChI is InChI=1S/C21H22O7/c1-12-9-17(25-4)20(26-5)21(28-14(3)24)18(12)19(27-13(2)23)16-8-6-7-15(10-16)11-22/h6-11,19H,1-5H3. The van der Waals surface area contributed by atoms with Crippen molar-refractivity contribution in [3.8, 4) is 17.2 Å². The molecule has 0 spiro atoms. The second kappa shape index (κ2) is 9.03. The Balaban J connectivity index is 2.81. The van der Waals surface area contributed by atoms with Gasteiger partial charge in [-0.25, -0.2) is 0 Å². The fraction of sp³-hybridized carbons (Fsp3) is 0.286. The molecule has 0 aliphatic rings. The van der Waals surface area contributed by atoms with E-state index in [0.29, 0.717) is 34.3 Å². The number of aldehydes is 1. The molecule has 148 valence electrons. The van der Waals surface area contributed by atoms with Crippen molar-refractivity contribution in [1.82, 2.24) is 0 Å². The van der Waals surface area contributed by atoms with E-state index in [1.807, 2.05) is 0 Å². The van der Waals surface area contributed by atoms with E-state index in [2.05, 4.69) is 0 Å². The van der Waals surface area contributed by atoms with Crippen LogP contribution < -0.4 is 14.2 Å². The minimum Gasteiger partial charge on any atom is -0.493 e. The van der Waals surface area contributed by atoms with Crippen LogP contribution in [0, 0.1) is 6.92 Å². The van der Waals surface area contributed by atoms with Crippen molar-refractivity contribution in [2.75, 3.05) is 14.2 Å². The Morgan fingerprint density at radius 3 is 2.25 bits per heavy atom. The predicted molar refractivity (Wildman–Crippen MR) is 101 cm³/mol. The molecule has 0 radical (unpaired) electrons. The first-order valence-electron chi connectivity index (χ1n) is 8.48. The van der Waals surface area contributed by atoms with E-state index in [9.17, 15) is 14.4 Å². The molecule has 28 heavy (non-hydrogen) atoms. The average molecular weight is 386 g/mol. The highest BCUT2D eigenvalue weighted by Gasteiger charge is 2.30. The molecule has 0 N–H and O–H groups in total. The maximum atomic E-state index is 11.8. The Kier molecular flexibility index (Phi) is 6.76. The predicted octanol–water partition coefficient (Wildman–Crippen LogP) is 3.40. The topological polar surface area (TPSA) is 88.1 Å². The van der Waals surface area contributed by atoms with E-state index in [0.717, 1.165) is 0 Å². The number of carbonyl (C=O) groups is 3. The van der Waals surface area contributed by atoms with Gasteiger partial charge >= 0.3 is 11.9 Å². The molecule has 2 rings (SSSR count). The first kappa shape index (κ1) is 21.0. The molecule has 0 saturated carbocycles. The summed E-state index contributed by atoms with van der Waals surface area (Å²) in [4.78, 5) is 34.8. The van der Waals surface area contributed by atoms with Crippen LogP contribution in [0.15, 0.2) is 30.3 Å². The largest absolute Gasteiger partial charge is 0.493 e. The number of methoxy groups -OCH3 is 2. The third kappa shape index (κ3) is 4.49. The second-order valence-corrected chi connectivity index (χ2v) is 6.04. The van der Waals surface area contributed by atoms with Gasteiger partial charge in [0.1, 0.15) is 6.29 Å². The molecular formula is C21H22O7. The van der Waals surface area contributed by atoms with Gasteiger partial charge in [-0.3, -0.25) is 14.4 Å². The minimum atomic E-state index is -0.924. The van der Waals surface area contributed by atoms with Gasteiger partial charge in [0, 0.05) is 25.0 Å². The molecule has 0 aliphatic carbocycles. The fourth-order valence-corrected chi connectivity index (χ4v) is 2.92. The van der Waals surface area contributed by atoms with Gasteiger partial charge in [0.15, 0.2) is 17.6 Å². The summed E-state index contributed by atoms with van der Waals surface area (Å²) >= 11 is 0. The van der Waals surface area contributed by atoms with Crippen LogP contribution in [0.5, 0.6) is 17.2 Å². The Morgan fingerprint density at radius 2 is 1.71 bits per heavy atom. The van der Waals surface area contributed by atoms with Crippen molar-refractivity contribution in [2.45, 2.75) is 26.9 Å². The lowest BCUT2D eigenvalue weighted by atomic mass is 9.94. The molecule has 0 fully saturated rings. The maximum absolute atomic E-state index is 11.8. The third-order valence-corrected chi connectivity index (χ3v) is 4.01. The molecular weight excluding hydrogens is 364 g/mol. The zero-order chi connectivity index (χ0) is 20.8. The third-order valence-electron chi connectivity index (χ3n) is 4.01. The zero-order valence-electron chi connectivity index (χ0n) is 16.4. The molecule has 2 aromatic carbocycles. The number of hydrogen-bond acceptors (Lipinski definition) is 7. The second-order valence-electron chi connectivity index (χ2n) is 6.04. The first-order valence-corrected chi connectivity index (χ1v) is 8.48. The lowest BCUT2D eigenvalue weighted by Crippen LogP contribution is -2.16. The van der Waals surface area contributed by atoms with E-state index in [4.69, 9.17) is 18.9 Å². The van der Waals surface area contributed by atoms with Gasteiger partial charge in [0.05, 0.1) is 14.2 Å². The number of benzene rings is 2. The summed E-state index contributed by atoms with van der Waals surface area (Å²) in [7, 11) is 2.88. The summed E-state index contributed by atoms with van der Waals surface area (Å²) in [6.45, 7) is 4.30.